The average molecular weight is 1990 g/mol. The van der Waals surface area contributed by atoms with E-state index in [2.05, 4.69) is 68.1 Å². The van der Waals surface area contributed by atoms with Gasteiger partial charge in [0.25, 0.3) is 0 Å². The number of halogens is 12. The fraction of sp³-hybridized carbons (Fsp3) is 0.380. The Morgan fingerprint density at radius 2 is 0.727 bits per heavy atom. The van der Waals surface area contributed by atoms with Gasteiger partial charge in [-0.25, -0.2) is 45.9 Å². The minimum atomic E-state index is -2.95. The van der Waals surface area contributed by atoms with Crippen molar-refractivity contribution in [1.29, 1.82) is 0 Å². The number of carbonyl (C=O) groups is 1. The van der Waals surface area contributed by atoms with E-state index in [1.165, 1.54) is 87.2 Å². The maximum Gasteiger partial charge on any atom is 0.231 e. The molecule has 0 radical (unpaired) electrons. The quantitative estimate of drug-likeness (QED) is 0.0248. The molecule has 6 fully saturated rings. The number of hydrogen-bond donors (Lipinski definition) is 5. The van der Waals surface area contributed by atoms with Gasteiger partial charge in [0.15, 0.2) is 46.3 Å². The van der Waals surface area contributed by atoms with E-state index in [0.717, 1.165) is 97.0 Å². The van der Waals surface area contributed by atoms with E-state index >= 15 is 0 Å². The highest BCUT2D eigenvalue weighted by Crippen LogP contribution is 2.45. The van der Waals surface area contributed by atoms with Crippen LogP contribution in [0.15, 0.2) is 147 Å². The largest absolute Gasteiger partial charge is 0.482 e. The minimum Gasteiger partial charge on any atom is -0.482 e. The number of ether oxygens (including phenoxy) is 4. The minimum absolute atomic E-state index is 0.0296. The predicted octanol–water partition coefficient (Wildman–Crippen LogP) is 20.1. The number of pyridine rings is 4. The molecule has 0 spiro atoms. The summed E-state index contributed by atoms with van der Waals surface area (Å²) < 4.78 is 111. The first-order valence-electron chi connectivity index (χ1n) is 43.1. The van der Waals surface area contributed by atoms with Crippen molar-refractivity contribution < 1.29 is 49.7 Å². The zero-order chi connectivity index (χ0) is 93.8. The highest BCUT2D eigenvalue weighted by atomic mass is 35.5. The lowest BCUT2D eigenvalue weighted by molar-refractivity contribution is -0.120. The van der Waals surface area contributed by atoms with Crippen LogP contribution in [-0.4, -0.2) is 158 Å². The summed E-state index contributed by atoms with van der Waals surface area (Å²) in [6.45, 7) is 14.0. The number of piperidine rings is 2. The Morgan fingerprint density at radius 1 is 0.409 bits per heavy atom. The molecule has 10 N–H and O–H groups in total. The van der Waals surface area contributed by atoms with Crippen LogP contribution in [0.25, 0.3) is 44.5 Å². The van der Waals surface area contributed by atoms with E-state index in [-0.39, 0.29) is 78.4 Å². The summed E-state index contributed by atoms with van der Waals surface area (Å²) >= 11 is 49.4. The SMILES string of the molecule is CC(Oc1cc(-c2cnn(C3CC4CCCC(C3)N4C)c2)cnc1N)c1c(Cl)ccc(F)c1Cl.CC(Oc1cc(-c2cnn(C3CCS(=O)(=O)CC3)c2)cnc1N)c1c(Cl)ccc(F)c1Cl.CC(Oc1cc(-c2cnn(CC3CN(CC(N)=O)C3)c2)cnc1N)c1c(Cl)ccc(F)c1Cl.CC(Oc1cc(-c2cnn(CC3CN(CC4CC4)C3)c2)cnc1N)c1c(Cl)ccc(F)c1Cl. The highest BCUT2D eigenvalue weighted by Gasteiger charge is 2.39. The zero-order valence-electron chi connectivity index (χ0n) is 72.5. The Hall–Kier alpha value is -9.94. The molecule has 6 aliphatic rings. The van der Waals surface area contributed by atoms with Crippen molar-refractivity contribution in [1.82, 2.24) is 73.8 Å². The van der Waals surface area contributed by atoms with Crippen molar-refractivity contribution in [2.75, 3.05) is 80.8 Å². The van der Waals surface area contributed by atoms with Crippen LogP contribution >= 0.6 is 92.8 Å². The second kappa shape index (κ2) is 41.9. The molecule has 8 aromatic heterocycles. The number of amides is 1. The molecule has 698 valence electrons. The molecule has 12 aromatic rings. The predicted molar refractivity (Wildman–Crippen MR) is 507 cm³/mol. The van der Waals surface area contributed by atoms with Crippen LogP contribution in [-0.2, 0) is 27.7 Å². The smallest absolute Gasteiger partial charge is 0.231 e. The summed E-state index contributed by atoms with van der Waals surface area (Å²) in [4.78, 5) is 35.1. The molecule has 40 heteroatoms. The summed E-state index contributed by atoms with van der Waals surface area (Å²) in [5.41, 5.74) is 37.4. The van der Waals surface area contributed by atoms with Gasteiger partial charge in [0.1, 0.15) is 57.5 Å². The molecule has 27 nitrogen and oxygen atoms in total. The van der Waals surface area contributed by atoms with E-state index < -0.39 is 57.5 Å². The van der Waals surface area contributed by atoms with Gasteiger partial charge in [-0.3, -0.25) is 28.4 Å². The van der Waals surface area contributed by atoms with Crippen molar-refractivity contribution in [3.8, 4) is 67.5 Å². The molecule has 18 rings (SSSR count). The molecule has 5 aliphatic heterocycles. The van der Waals surface area contributed by atoms with Crippen LogP contribution in [0.2, 0.25) is 40.2 Å². The Balaban J connectivity index is 0.000000135. The monoisotopic (exact) mass is 1980 g/mol. The zero-order valence-corrected chi connectivity index (χ0v) is 79.4. The Bertz CT molecular complexity index is 6270. The number of sulfone groups is 1. The number of nitrogens with zero attached hydrogens (tertiary/aromatic N) is 15. The Labute approximate surface area is 801 Å². The Kier molecular flexibility index (Phi) is 30.7. The summed E-state index contributed by atoms with van der Waals surface area (Å²) in [5.74, 6) is 1.89. The lowest BCUT2D eigenvalue weighted by Crippen LogP contribution is -2.51. The summed E-state index contributed by atoms with van der Waals surface area (Å²) in [7, 11) is -0.691. The number of rotatable bonds is 26. The molecule has 6 unspecified atom stereocenters. The lowest BCUT2D eigenvalue weighted by atomic mass is 9.82. The molecule has 1 amide bonds. The van der Waals surface area contributed by atoms with Crippen molar-refractivity contribution in [3.05, 3.63) is 233 Å². The molecular formula is C92H98Cl8F4N20O7S. The van der Waals surface area contributed by atoms with Gasteiger partial charge in [-0.15, -0.1) is 0 Å². The number of nitrogen functional groups attached to an aromatic ring is 4. The maximum atomic E-state index is 14.0. The van der Waals surface area contributed by atoms with E-state index in [4.69, 9.17) is 140 Å². The van der Waals surface area contributed by atoms with Crippen LogP contribution in [0.5, 0.6) is 23.0 Å². The summed E-state index contributed by atoms with van der Waals surface area (Å²) in [5, 5.41) is 18.9. The van der Waals surface area contributed by atoms with Gasteiger partial charge < -0.3 is 57.4 Å². The first kappa shape index (κ1) is 96.6. The molecule has 13 heterocycles. The molecule has 132 heavy (non-hydrogen) atoms. The molecular weight excluding hydrogens is 1890 g/mol. The maximum absolute atomic E-state index is 14.0. The summed E-state index contributed by atoms with van der Waals surface area (Å²) in [6.07, 6.45) is 28.9. The van der Waals surface area contributed by atoms with Crippen LogP contribution in [0.3, 0.4) is 0 Å². The van der Waals surface area contributed by atoms with E-state index in [1.807, 2.05) is 57.4 Å². The normalized spacial score (nSPS) is 18.5. The number of benzene rings is 4. The standard InChI is InChI=1S/C25H28Cl2FN5O.C24H26Cl2FN5O.C22H23Cl2FN6O2.C21H21Cl2FN4O3S/c1-14(23-20(26)6-7-21(28)24(23)27)34-22-8-15(11-30-25(22)29)16-12-31-33(13-16)19-9-17-4-3-5-18(10-19)32(17)2;1-14(22-19(25)4-5-20(27)23(22)26)33-21-6-17(7-29-24(21)28)18-8-30-32(13-18)12-16-10-31(11-16)9-15-2-3-15;1-12(20-16(23)2-3-17(25)21(20)24)33-18-4-14(5-28-22(18)27)15-6-29-31(10-15)9-13-7-30(8-13)11-19(26)32;1-12(19-16(22)2-3-17(24)20(19)23)31-18-8-13(9-26-21(18)25)14-10-27-28(11-14)15-4-6-32(29,30)7-5-15/h6-8,11-14,17-19H,3-5,9-10H2,1-2H3,(H2,29,30);4-8,13-16H,2-3,9-12H2,1H3,(H2,28,29);2-6,10,12-13H,7-9,11H2,1H3,(H2,26,32)(H2,27,28);2-3,8-12,15H,4-7H2,1H3,(H2,25,26). The number of hydrogen-bond acceptors (Lipinski definition) is 22. The van der Waals surface area contributed by atoms with Crippen LogP contribution in [0, 0.1) is 41.0 Å². The first-order chi connectivity index (χ1) is 63.0. The number of likely N-dealkylation sites (tertiary alicyclic amines) is 2. The van der Waals surface area contributed by atoms with Crippen molar-refractivity contribution >= 4 is 132 Å². The number of nitrogens with two attached hydrogens (primary N) is 5. The first-order valence-corrected chi connectivity index (χ1v) is 47.9. The lowest BCUT2D eigenvalue weighted by Gasteiger charge is -2.47. The molecule has 1 aliphatic carbocycles. The molecule has 2 bridgehead atoms. The van der Waals surface area contributed by atoms with E-state index in [1.54, 1.807) is 81.7 Å². The van der Waals surface area contributed by atoms with Crippen molar-refractivity contribution in [2.45, 2.75) is 147 Å². The van der Waals surface area contributed by atoms with Gasteiger partial charge in [0.2, 0.25) is 5.91 Å². The van der Waals surface area contributed by atoms with Crippen molar-refractivity contribution in [2.24, 2.45) is 23.5 Å². The molecule has 5 saturated heterocycles. The number of fused-ring (bicyclic) bond motifs is 2. The van der Waals surface area contributed by atoms with E-state index in [9.17, 15) is 30.8 Å². The molecule has 1 saturated carbocycles. The van der Waals surface area contributed by atoms with E-state index in [0.29, 0.717) is 109 Å². The van der Waals surface area contributed by atoms with Gasteiger partial charge >= 0.3 is 0 Å². The third-order valence-corrected chi connectivity index (χ3v) is 29.2. The van der Waals surface area contributed by atoms with Crippen LogP contribution in [0.4, 0.5) is 40.8 Å². The number of primary amides is 1. The Morgan fingerprint density at radius 3 is 1.06 bits per heavy atom. The van der Waals surface area contributed by atoms with Gasteiger partial charge in [-0.2, -0.15) is 20.4 Å². The van der Waals surface area contributed by atoms with Gasteiger partial charge in [-0.05, 0) is 165 Å². The topological polar surface area (TPSA) is 351 Å². The fourth-order valence-electron chi connectivity index (χ4n) is 17.3. The number of carbonyl (C=O) groups excluding carboxylic acids is 1. The third-order valence-electron chi connectivity index (χ3n) is 24.6. The van der Waals surface area contributed by atoms with Gasteiger partial charge in [0.05, 0.1) is 75.0 Å². The van der Waals surface area contributed by atoms with Gasteiger partial charge in [-0.1, -0.05) is 99.2 Å². The van der Waals surface area contributed by atoms with Gasteiger partial charge in [0, 0.05) is 206 Å². The second-order valence-corrected chi connectivity index (χ2v) is 39.7. The fourth-order valence-corrected chi connectivity index (χ4v) is 21.5. The third kappa shape index (κ3) is 23.2. The number of aromatic nitrogens is 12. The van der Waals surface area contributed by atoms with Crippen LogP contribution < -0.4 is 47.6 Å². The second-order valence-electron chi connectivity index (χ2n) is 34.3. The average Bonchev–Trinajstić information content (AvgIpc) is 1.87. The highest BCUT2D eigenvalue weighted by molar-refractivity contribution is 7.91. The van der Waals surface area contributed by atoms with Crippen molar-refractivity contribution in [3.63, 3.8) is 0 Å². The molecule has 6 atom stereocenters. The molecule has 4 aromatic carbocycles. The van der Waals surface area contributed by atoms with Crippen LogP contribution in [0.1, 0.15) is 144 Å². The summed E-state index contributed by atoms with van der Waals surface area (Å²) in [6, 6.07) is 19.4. The number of anilines is 4.